The van der Waals surface area contributed by atoms with E-state index in [-0.39, 0.29) is 11.9 Å². The van der Waals surface area contributed by atoms with Crippen LogP contribution < -0.4 is 11.1 Å². The summed E-state index contributed by atoms with van der Waals surface area (Å²) in [6.45, 7) is 0.513. The first kappa shape index (κ1) is 9.21. The van der Waals surface area contributed by atoms with Gasteiger partial charge in [0.15, 0.2) is 0 Å². The largest absolute Gasteiger partial charge is 0.368 e. The Morgan fingerprint density at radius 1 is 1.71 bits per heavy atom. The molecule has 5 heteroatoms. The first-order chi connectivity index (χ1) is 6.75. The maximum absolute atomic E-state index is 11.1. The number of rotatable bonds is 5. The summed E-state index contributed by atoms with van der Waals surface area (Å²) >= 11 is 0. The van der Waals surface area contributed by atoms with Gasteiger partial charge in [0.1, 0.15) is 6.04 Å². The topological polar surface area (TPSA) is 72.9 Å². The van der Waals surface area contributed by atoms with Gasteiger partial charge in [0, 0.05) is 18.4 Å². The lowest BCUT2D eigenvalue weighted by molar-refractivity contribution is -0.120. The zero-order chi connectivity index (χ0) is 9.97. The van der Waals surface area contributed by atoms with E-state index in [4.69, 9.17) is 5.73 Å². The fraction of sp³-hybridized carbons (Fsp3) is 0.556. The molecule has 2 rings (SSSR count). The number of carbonyl (C=O) groups is 1. The fourth-order valence-electron chi connectivity index (χ4n) is 1.35. The van der Waals surface area contributed by atoms with Crippen LogP contribution in [-0.2, 0) is 11.3 Å². The van der Waals surface area contributed by atoms with Gasteiger partial charge in [0.05, 0.1) is 6.54 Å². The molecule has 1 unspecified atom stereocenters. The van der Waals surface area contributed by atoms with Gasteiger partial charge >= 0.3 is 0 Å². The third-order valence-corrected chi connectivity index (χ3v) is 2.29. The van der Waals surface area contributed by atoms with E-state index in [1.807, 2.05) is 12.3 Å². The van der Waals surface area contributed by atoms with Gasteiger partial charge in [-0.05, 0) is 18.9 Å². The van der Waals surface area contributed by atoms with Crippen molar-refractivity contribution in [3.05, 3.63) is 18.5 Å². The first-order valence-corrected chi connectivity index (χ1v) is 4.78. The van der Waals surface area contributed by atoms with Crippen LogP contribution in [0.1, 0.15) is 12.8 Å². The second-order valence-electron chi connectivity index (χ2n) is 3.62. The summed E-state index contributed by atoms with van der Waals surface area (Å²) in [5.41, 5.74) is 5.29. The minimum Gasteiger partial charge on any atom is -0.368 e. The molecule has 0 saturated heterocycles. The number of nitrogens with two attached hydrogens (primary N) is 1. The lowest BCUT2D eigenvalue weighted by Gasteiger charge is -2.14. The second-order valence-corrected chi connectivity index (χ2v) is 3.62. The minimum atomic E-state index is -0.313. The van der Waals surface area contributed by atoms with Crippen molar-refractivity contribution in [1.82, 2.24) is 15.1 Å². The van der Waals surface area contributed by atoms with Gasteiger partial charge < -0.3 is 11.1 Å². The lowest BCUT2D eigenvalue weighted by atomic mass is 10.2. The molecule has 3 N–H and O–H groups in total. The van der Waals surface area contributed by atoms with Crippen LogP contribution in [0.5, 0.6) is 0 Å². The van der Waals surface area contributed by atoms with E-state index in [0.717, 1.165) is 12.8 Å². The summed E-state index contributed by atoms with van der Waals surface area (Å²) < 4.78 is 1.71. The second kappa shape index (κ2) is 3.79. The van der Waals surface area contributed by atoms with E-state index < -0.39 is 0 Å². The number of primary amides is 1. The Morgan fingerprint density at radius 3 is 3.00 bits per heavy atom. The van der Waals surface area contributed by atoms with Crippen molar-refractivity contribution in [1.29, 1.82) is 0 Å². The molecule has 0 radical (unpaired) electrons. The Bertz CT molecular complexity index is 305. The van der Waals surface area contributed by atoms with Crippen molar-refractivity contribution in [3.8, 4) is 0 Å². The molecule has 0 aromatic carbocycles. The van der Waals surface area contributed by atoms with E-state index in [1.54, 1.807) is 10.9 Å². The van der Waals surface area contributed by atoms with Crippen molar-refractivity contribution in [2.45, 2.75) is 31.5 Å². The van der Waals surface area contributed by atoms with Gasteiger partial charge in [0.2, 0.25) is 5.91 Å². The van der Waals surface area contributed by atoms with Crippen molar-refractivity contribution >= 4 is 5.91 Å². The molecule has 1 aromatic heterocycles. The van der Waals surface area contributed by atoms with E-state index >= 15 is 0 Å². The summed E-state index contributed by atoms with van der Waals surface area (Å²) in [5, 5.41) is 7.23. The first-order valence-electron chi connectivity index (χ1n) is 4.78. The summed E-state index contributed by atoms with van der Waals surface area (Å²) in [4.78, 5) is 11.1. The van der Waals surface area contributed by atoms with Crippen LogP contribution in [0.2, 0.25) is 0 Å². The van der Waals surface area contributed by atoms with E-state index in [9.17, 15) is 4.79 Å². The van der Waals surface area contributed by atoms with Gasteiger partial charge in [-0.25, -0.2) is 0 Å². The molecule has 1 aliphatic rings. The number of nitrogens with zero attached hydrogens (tertiary/aromatic N) is 2. The number of carbonyl (C=O) groups excluding carboxylic acids is 1. The van der Waals surface area contributed by atoms with Gasteiger partial charge in [0.25, 0.3) is 0 Å². The molecule has 1 saturated carbocycles. The van der Waals surface area contributed by atoms with E-state index in [1.165, 1.54) is 0 Å². The maximum atomic E-state index is 11.1. The molecular formula is C9H14N4O. The Balaban J connectivity index is 1.92. The average Bonchev–Trinajstić information content (AvgIpc) is 2.80. The molecule has 1 atom stereocenters. The molecule has 1 fully saturated rings. The van der Waals surface area contributed by atoms with Crippen LogP contribution in [0.15, 0.2) is 18.5 Å². The highest BCUT2D eigenvalue weighted by Gasteiger charge is 2.27. The molecule has 5 nitrogen and oxygen atoms in total. The Morgan fingerprint density at radius 2 is 2.50 bits per heavy atom. The lowest BCUT2D eigenvalue weighted by Crippen LogP contribution is -2.45. The van der Waals surface area contributed by atoms with E-state index in [0.29, 0.717) is 12.6 Å². The van der Waals surface area contributed by atoms with Gasteiger partial charge in [-0.3, -0.25) is 9.48 Å². The number of nitrogens with one attached hydrogen (secondary N) is 1. The third kappa shape index (κ3) is 2.32. The third-order valence-electron chi connectivity index (χ3n) is 2.29. The van der Waals surface area contributed by atoms with Crippen LogP contribution in [0.25, 0.3) is 0 Å². The van der Waals surface area contributed by atoms with Gasteiger partial charge in [-0.15, -0.1) is 0 Å². The number of amides is 1. The summed E-state index contributed by atoms with van der Waals surface area (Å²) in [7, 11) is 0. The SMILES string of the molecule is NC(=O)C(Cn1cccn1)NC1CC1. The van der Waals surface area contributed by atoms with Crippen molar-refractivity contribution in [2.75, 3.05) is 0 Å². The molecule has 14 heavy (non-hydrogen) atoms. The molecule has 1 aliphatic carbocycles. The quantitative estimate of drug-likeness (QED) is 0.663. The molecule has 1 amide bonds. The highest BCUT2D eigenvalue weighted by atomic mass is 16.1. The fourth-order valence-corrected chi connectivity index (χ4v) is 1.35. The summed E-state index contributed by atoms with van der Waals surface area (Å²) in [6.07, 6.45) is 5.80. The summed E-state index contributed by atoms with van der Waals surface area (Å²) in [6, 6.07) is 2.00. The van der Waals surface area contributed by atoms with Crippen molar-refractivity contribution in [2.24, 2.45) is 5.73 Å². The highest BCUT2D eigenvalue weighted by molar-refractivity contribution is 5.79. The zero-order valence-corrected chi connectivity index (χ0v) is 7.89. The highest BCUT2D eigenvalue weighted by Crippen LogP contribution is 2.19. The summed E-state index contributed by atoms with van der Waals surface area (Å²) in [5.74, 6) is -0.313. The molecule has 1 heterocycles. The predicted octanol–water partition coefficient (Wildman–Crippen LogP) is -0.511. The Hall–Kier alpha value is -1.36. The monoisotopic (exact) mass is 194 g/mol. The van der Waals surface area contributed by atoms with Crippen LogP contribution >= 0.6 is 0 Å². The molecule has 0 spiro atoms. The minimum absolute atomic E-state index is 0.303. The van der Waals surface area contributed by atoms with Gasteiger partial charge in [-0.1, -0.05) is 0 Å². The van der Waals surface area contributed by atoms with Crippen LogP contribution in [0, 0.1) is 0 Å². The predicted molar refractivity (Wildman–Crippen MR) is 51.4 cm³/mol. The molecular weight excluding hydrogens is 180 g/mol. The molecule has 1 aromatic rings. The van der Waals surface area contributed by atoms with E-state index in [2.05, 4.69) is 10.4 Å². The molecule has 0 bridgehead atoms. The standard InChI is InChI=1S/C9H14N4O/c10-9(14)8(12-7-2-3-7)6-13-5-1-4-11-13/h1,4-5,7-8,12H,2-3,6H2,(H2,10,14). The smallest absolute Gasteiger partial charge is 0.236 e. The number of hydrogen-bond donors (Lipinski definition) is 2. The number of aromatic nitrogens is 2. The maximum Gasteiger partial charge on any atom is 0.236 e. The van der Waals surface area contributed by atoms with Crippen LogP contribution in [0.4, 0.5) is 0 Å². The van der Waals surface area contributed by atoms with Crippen molar-refractivity contribution in [3.63, 3.8) is 0 Å². The normalized spacial score (nSPS) is 18.0. The van der Waals surface area contributed by atoms with Gasteiger partial charge in [-0.2, -0.15) is 5.10 Å². The average molecular weight is 194 g/mol. The molecule has 76 valence electrons. The van der Waals surface area contributed by atoms with Crippen LogP contribution in [0.3, 0.4) is 0 Å². The zero-order valence-electron chi connectivity index (χ0n) is 7.89. The molecule has 0 aliphatic heterocycles. The Labute approximate surface area is 82.3 Å². The number of hydrogen-bond acceptors (Lipinski definition) is 3. The van der Waals surface area contributed by atoms with Crippen LogP contribution in [-0.4, -0.2) is 27.8 Å². The Kier molecular flexibility index (Phi) is 2.49. The van der Waals surface area contributed by atoms with Crippen molar-refractivity contribution < 1.29 is 4.79 Å².